The number of benzene rings is 1. The monoisotopic (exact) mass is 507 g/mol. The number of hydrogen-bond acceptors (Lipinski definition) is 6. The number of rotatable bonds is 8. The topological polar surface area (TPSA) is 95.8 Å². The third-order valence-corrected chi connectivity index (χ3v) is 7.31. The van der Waals surface area contributed by atoms with Gasteiger partial charge in [0.25, 0.3) is 0 Å². The minimum Gasteiger partial charge on any atom is -0.497 e. The van der Waals surface area contributed by atoms with Gasteiger partial charge in [0.1, 0.15) is 5.75 Å². The van der Waals surface area contributed by atoms with Crippen molar-refractivity contribution in [1.82, 2.24) is 14.9 Å². The average molecular weight is 508 g/mol. The van der Waals surface area contributed by atoms with Crippen LogP contribution in [0.15, 0.2) is 48.9 Å². The number of aliphatic hydroxyl groups excluding tert-OH is 1. The molecule has 0 spiro atoms. The van der Waals surface area contributed by atoms with Gasteiger partial charge in [-0.15, -0.1) is 0 Å². The number of pyridine rings is 2. The van der Waals surface area contributed by atoms with E-state index < -0.39 is 12.1 Å². The molecule has 0 bridgehead atoms. The highest BCUT2D eigenvalue weighted by Gasteiger charge is 2.37. The number of piperidine rings is 1. The van der Waals surface area contributed by atoms with Crippen molar-refractivity contribution in [1.29, 1.82) is 0 Å². The number of methoxy groups -OCH3 is 1. The summed E-state index contributed by atoms with van der Waals surface area (Å²) in [6, 6.07) is 9.23. The van der Waals surface area contributed by atoms with Crippen molar-refractivity contribution in [3.05, 3.63) is 65.1 Å². The number of ether oxygens (including phenoxy) is 1. The molecule has 1 aromatic carbocycles. The summed E-state index contributed by atoms with van der Waals surface area (Å²) < 4.78 is 5.34. The molecule has 2 aromatic heterocycles. The van der Waals surface area contributed by atoms with Gasteiger partial charge in [-0.05, 0) is 74.5 Å². The molecule has 1 fully saturated rings. The molecule has 3 aromatic rings. The number of carbonyl (C=O) groups is 1. The fourth-order valence-corrected chi connectivity index (χ4v) is 5.21. The number of fused-ring (bicyclic) bond motifs is 1. The molecule has 1 saturated heterocycles. The molecule has 0 aliphatic carbocycles. The van der Waals surface area contributed by atoms with E-state index in [2.05, 4.69) is 26.7 Å². The Labute approximate surface area is 216 Å². The summed E-state index contributed by atoms with van der Waals surface area (Å²) in [6.45, 7) is 2.17. The summed E-state index contributed by atoms with van der Waals surface area (Å²) in [5.41, 5.74) is 1.87. The Morgan fingerprint density at radius 3 is 2.69 bits per heavy atom. The first-order valence-electron chi connectivity index (χ1n) is 12.0. The van der Waals surface area contributed by atoms with E-state index in [1.807, 2.05) is 30.3 Å². The molecule has 1 aliphatic rings. The lowest BCUT2D eigenvalue weighted by Crippen LogP contribution is -2.41. The Morgan fingerprint density at radius 1 is 1.25 bits per heavy atom. The Bertz CT molecular complexity index is 1260. The number of nitrogens with zero attached hydrogens (tertiary/aromatic N) is 3. The zero-order valence-corrected chi connectivity index (χ0v) is 21.0. The van der Waals surface area contributed by atoms with E-state index in [-0.39, 0.29) is 11.8 Å². The molecule has 2 N–H and O–H groups in total. The van der Waals surface area contributed by atoms with E-state index in [1.165, 1.54) is 0 Å². The molecular weight excluding hydrogens is 478 g/mol. The van der Waals surface area contributed by atoms with Gasteiger partial charge in [-0.1, -0.05) is 23.4 Å². The Morgan fingerprint density at radius 2 is 2.00 bits per heavy atom. The predicted molar refractivity (Wildman–Crippen MR) is 139 cm³/mol. The lowest BCUT2D eigenvalue weighted by molar-refractivity contribution is -0.141. The molecule has 0 radical (unpaired) electrons. The number of carboxylic acids is 1. The first-order valence-corrected chi connectivity index (χ1v) is 12.4. The Hall–Kier alpha value is -3.18. The van der Waals surface area contributed by atoms with Crippen LogP contribution in [-0.4, -0.2) is 57.8 Å². The van der Waals surface area contributed by atoms with Gasteiger partial charge < -0.3 is 14.9 Å². The normalized spacial score (nSPS) is 16.2. The van der Waals surface area contributed by atoms with Crippen LogP contribution in [0.3, 0.4) is 0 Å². The maximum Gasteiger partial charge on any atom is 0.303 e. The second-order valence-electron chi connectivity index (χ2n) is 9.34. The number of aliphatic hydroxyl groups is 1. The van der Waals surface area contributed by atoms with Crippen LogP contribution in [-0.2, 0) is 4.79 Å². The van der Waals surface area contributed by atoms with E-state index in [0.717, 1.165) is 42.4 Å². The highest BCUT2D eigenvalue weighted by atomic mass is 35.5. The van der Waals surface area contributed by atoms with E-state index in [4.69, 9.17) is 16.3 Å². The van der Waals surface area contributed by atoms with Crippen molar-refractivity contribution in [2.45, 2.75) is 38.2 Å². The van der Waals surface area contributed by atoms with Crippen molar-refractivity contribution in [3.63, 3.8) is 0 Å². The number of carboxylic acid groups (broad SMARTS) is 1. The van der Waals surface area contributed by atoms with Gasteiger partial charge in [-0.2, -0.15) is 0 Å². The predicted octanol–water partition coefficient (Wildman–Crippen LogP) is 4.71. The number of halogens is 1. The molecule has 7 nitrogen and oxygen atoms in total. The lowest BCUT2D eigenvalue weighted by Gasteiger charge is -2.41. The zero-order valence-electron chi connectivity index (χ0n) is 20.3. The minimum absolute atomic E-state index is 0.0783. The molecule has 1 aliphatic heterocycles. The summed E-state index contributed by atoms with van der Waals surface area (Å²) in [6.07, 6.45) is 6.69. The van der Waals surface area contributed by atoms with Crippen LogP contribution in [0.2, 0.25) is 5.02 Å². The van der Waals surface area contributed by atoms with Crippen LogP contribution in [0, 0.1) is 17.3 Å². The standard InChI is InChI=1S/C28H30ClN3O4/c1-36-21-4-5-24-22(17-21)27(23(29)19-31-24)25(33)6-9-28(18-26(34)35)10-15-32(16-11-28)14-2-3-20-7-12-30-13-8-20/h4-5,7-8,12-13,17,19,25,33H,6,9-11,14-16,18H2,1H3,(H,34,35)/t25-/m0/s1. The first-order chi connectivity index (χ1) is 17.4. The molecule has 8 heteroatoms. The quantitative estimate of drug-likeness (QED) is 0.426. The fourth-order valence-electron chi connectivity index (χ4n) is 4.93. The van der Waals surface area contributed by atoms with E-state index >= 15 is 0 Å². The summed E-state index contributed by atoms with van der Waals surface area (Å²) in [5, 5.41) is 22.0. The minimum atomic E-state index is -0.843. The van der Waals surface area contributed by atoms with E-state index in [9.17, 15) is 15.0 Å². The van der Waals surface area contributed by atoms with Gasteiger partial charge in [-0.25, -0.2) is 0 Å². The van der Waals surface area contributed by atoms with Crippen molar-refractivity contribution in [2.24, 2.45) is 5.41 Å². The van der Waals surface area contributed by atoms with Gasteiger partial charge in [0.05, 0.1) is 36.7 Å². The highest BCUT2D eigenvalue weighted by molar-refractivity contribution is 6.32. The second-order valence-corrected chi connectivity index (χ2v) is 9.75. The fraction of sp³-hybridized carbons (Fsp3) is 0.393. The summed E-state index contributed by atoms with van der Waals surface area (Å²) in [7, 11) is 1.59. The van der Waals surface area contributed by atoms with Gasteiger partial charge in [-0.3, -0.25) is 19.7 Å². The van der Waals surface area contributed by atoms with Crippen LogP contribution in [0.25, 0.3) is 10.9 Å². The molecule has 3 heterocycles. The summed E-state index contributed by atoms with van der Waals surface area (Å²) in [4.78, 5) is 22.4. The summed E-state index contributed by atoms with van der Waals surface area (Å²) in [5.74, 6) is 6.19. The number of aliphatic carboxylic acids is 1. The molecule has 4 rings (SSSR count). The van der Waals surface area contributed by atoms with Crippen molar-refractivity contribution >= 4 is 28.5 Å². The smallest absolute Gasteiger partial charge is 0.303 e. The molecule has 0 saturated carbocycles. The molecule has 0 unspecified atom stereocenters. The van der Waals surface area contributed by atoms with E-state index in [0.29, 0.717) is 35.7 Å². The van der Waals surface area contributed by atoms with Gasteiger partial charge in [0, 0.05) is 35.1 Å². The molecule has 188 valence electrons. The van der Waals surface area contributed by atoms with Crippen LogP contribution >= 0.6 is 11.6 Å². The van der Waals surface area contributed by atoms with Gasteiger partial charge >= 0.3 is 5.97 Å². The first kappa shape index (κ1) is 25.9. The second kappa shape index (κ2) is 11.7. The largest absolute Gasteiger partial charge is 0.497 e. The van der Waals surface area contributed by atoms with Crippen LogP contribution in [0.5, 0.6) is 5.75 Å². The van der Waals surface area contributed by atoms with Crippen LogP contribution in [0.4, 0.5) is 0 Å². The molecule has 0 amide bonds. The Kier molecular flexibility index (Phi) is 8.42. The third kappa shape index (κ3) is 6.33. The highest BCUT2D eigenvalue weighted by Crippen LogP contribution is 2.43. The summed E-state index contributed by atoms with van der Waals surface area (Å²) >= 11 is 6.47. The number of aromatic nitrogens is 2. The van der Waals surface area contributed by atoms with Crippen LogP contribution in [0.1, 0.15) is 49.3 Å². The SMILES string of the molecule is COc1ccc2ncc(Cl)c([C@@H](O)CCC3(CC(=O)O)CCN(CC#Cc4ccncc4)CC3)c2c1. The lowest BCUT2D eigenvalue weighted by atomic mass is 9.71. The van der Waals surface area contributed by atoms with Crippen LogP contribution < -0.4 is 4.74 Å². The van der Waals surface area contributed by atoms with Gasteiger partial charge in [0.15, 0.2) is 0 Å². The van der Waals surface area contributed by atoms with Crippen molar-refractivity contribution < 1.29 is 19.7 Å². The van der Waals surface area contributed by atoms with Gasteiger partial charge in [0.2, 0.25) is 0 Å². The molecule has 1 atom stereocenters. The van der Waals surface area contributed by atoms with Crippen molar-refractivity contribution in [2.75, 3.05) is 26.7 Å². The molecule has 36 heavy (non-hydrogen) atoms. The zero-order chi connectivity index (χ0) is 25.5. The maximum atomic E-state index is 11.8. The maximum absolute atomic E-state index is 11.8. The average Bonchev–Trinajstić information content (AvgIpc) is 2.88. The number of likely N-dealkylation sites (tertiary alicyclic amines) is 1. The number of hydrogen-bond donors (Lipinski definition) is 2. The van der Waals surface area contributed by atoms with E-state index in [1.54, 1.807) is 25.7 Å². The molecular formula is C28H30ClN3O4. The third-order valence-electron chi connectivity index (χ3n) is 7.01. The van der Waals surface area contributed by atoms with Crippen molar-refractivity contribution in [3.8, 4) is 17.6 Å². The Balaban J connectivity index is 1.43.